The fourth-order valence-electron chi connectivity index (χ4n) is 2.97. The van der Waals surface area contributed by atoms with Gasteiger partial charge in [-0.15, -0.1) is 0 Å². The average molecular weight is 231 g/mol. The normalized spacial score (nSPS) is 24.1. The molecule has 1 aliphatic carbocycles. The zero-order valence-electron chi connectivity index (χ0n) is 11.2. The lowest BCUT2D eigenvalue weighted by Crippen LogP contribution is -2.27. The average Bonchev–Trinajstić information content (AvgIpc) is 2.74. The molecule has 1 heteroatoms. The molecule has 0 heterocycles. The minimum absolute atomic E-state index is 0.782. The second kappa shape index (κ2) is 6.20. The first-order chi connectivity index (χ1) is 8.28. The minimum Gasteiger partial charge on any atom is -0.314 e. The van der Waals surface area contributed by atoms with Crippen molar-refractivity contribution in [1.29, 1.82) is 0 Å². The summed E-state index contributed by atoms with van der Waals surface area (Å²) in [6.45, 7) is 5.61. The molecule has 2 atom stereocenters. The molecule has 17 heavy (non-hydrogen) atoms. The van der Waals surface area contributed by atoms with Crippen LogP contribution in [0.15, 0.2) is 24.3 Å². The largest absolute Gasteiger partial charge is 0.314 e. The Morgan fingerprint density at radius 3 is 2.94 bits per heavy atom. The van der Waals surface area contributed by atoms with Gasteiger partial charge in [-0.25, -0.2) is 0 Å². The highest BCUT2D eigenvalue weighted by molar-refractivity contribution is 5.22. The molecule has 1 nitrogen and oxygen atoms in total. The highest BCUT2D eigenvalue weighted by Crippen LogP contribution is 2.28. The van der Waals surface area contributed by atoms with Crippen molar-refractivity contribution in [3.05, 3.63) is 35.4 Å². The molecule has 0 amide bonds. The van der Waals surface area contributed by atoms with E-state index in [-0.39, 0.29) is 0 Å². The van der Waals surface area contributed by atoms with Gasteiger partial charge in [-0.1, -0.05) is 36.8 Å². The van der Waals surface area contributed by atoms with Crippen LogP contribution in [0.5, 0.6) is 0 Å². The quantitative estimate of drug-likeness (QED) is 0.814. The second-order valence-electron chi connectivity index (χ2n) is 5.52. The van der Waals surface area contributed by atoms with Crippen LogP contribution < -0.4 is 5.32 Å². The van der Waals surface area contributed by atoms with Crippen molar-refractivity contribution in [2.45, 2.75) is 52.0 Å². The smallest absolute Gasteiger partial charge is 0.00699 e. The van der Waals surface area contributed by atoms with Gasteiger partial charge in [0.2, 0.25) is 0 Å². The number of hydrogen-bond donors (Lipinski definition) is 1. The van der Waals surface area contributed by atoms with Gasteiger partial charge in [-0.3, -0.25) is 0 Å². The topological polar surface area (TPSA) is 12.0 Å². The van der Waals surface area contributed by atoms with Gasteiger partial charge < -0.3 is 5.32 Å². The molecule has 1 aliphatic rings. The van der Waals surface area contributed by atoms with Crippen LogP contribution in [0.1, 0.15) is 43.7 Å². The van der Waals surface area contributed by atoms with Gasteiger partial charge in [0.25, 0.3) is 0 Å². The van der Waals surface area contributed by atoms with E-state index in [2.05, 4.69) is 43.4 Å². The van der Waals surface area contributed by atoms with E-state index in [9.17, 15) is 0 Å². The van der Waals surface area contributed by atoms with Crippen molar-refractivity contribution in [2.75, 3.05) is 6.54 Å². The molecule has 0 aliphatic heterocycles. The van der Waals surface area contributed by atoms with Gasteiger partial charge in [0.05, 0.1) is 0 Å². The van der Waals surface area contributed by atoms with E-state index < -0.39 is 0 Å². The van der Waals surface area contributed by atoms with E-state index in [1.54, 1.807) is 0 Å². The van der Waals surface area contributed by atoms with Gasteiger partial charge in [0.15, 0.2) is 0 Å². The summed E-state index contributed by atoms with van der Waals surface area (Å²) in [4.78, 5) is 0. The Balaban J connectivity index is 1.81. The molecule has 1 aromatic carbocycles. The Morgan fingerprint density at radius 1 is 1.29 bits per heavy atom. The Bertz CT molecular complexity index is 345. The standard InChI is InChI=1S/C16H25N/c1-3-9-17-16-8-7-15(12-16)11-14-6-4-5-13(2)10-14/h4-6,10,15-17H,3,7-9,11-12H2,1-2H3. The summed E-state index contributed by atoms with van der Waals surface area (Å²) in [7, 11) is 0. The maximum Gasteiger partial charge on any atom is 0.00699 e. The Morgan fingerprint density at radius 2 is 2.18 bits per heavy atom. The Labute approximate surface area is 106 Å². The van der Waals surface area contributed by atoms with E-state index in [0.29, 0.717) is 0 Å². The lowest BCUT2D eigenvalue weighted by molar-refractivity contribution is 0.484. The van der Waals surface area contributed by atoms with Crippen molar-refractivity contribution in [3.63, 3.8) is 0 Å². The molecule has 1 saturated carbocycles. The molecule has 1 fully saturated rings. The molecule has 2 unspecified atom stereocenters. The molecular weight excluding hydrogens is 206 g/mol. The zero-order valence-corrected chi connectivity index (χ0v) is 11.2. The van der Waals surface area contributed by atoms with Crippen LogP contribution in [0, 0.1) is 12.8 Å². The van der Waals surface area contributed by atoms with E-state index in [0.717, 1.165) is 12.0 Å². The molecule has 1 aromatic rings. The first-order valence-corrected chi connectivity index (χ1v) is 7.07. The summed E-state index contributed by atoms with van der Waals surface area (Å²) in [5.41, 5.74) is 2.91. The SMILES string of the molecule is CCCNC1CCC(Cc2cccc(C)c2)C1. The molecule has 1 N–H and O–H groups in total. The van der Waals surface area contributed by atoms with Gasteiger partial charge in [0, 0.05) is 6.04 Å². The zero-order chi connectivity index (χ0) is 12.1. The van der Waals surface area contributed by atoms with Crippen LogP contribution in [0.2, 0.25) is 0 Å². The summed E-state index contributed by atoms with van der Waals surface area (Å²) in [6, 6.07) is 9.77. The third kappa shape index (κ3) is 3.85. The fraction of sp³-hybridized carbons (Fsp3) is 0.625. The highest BCUT2D eigenvalue weighted by atomic mass is 14.9. The van der Waals surface area contributed by atoms with Gasteiger partial charge >= 0.3 is 0 Å². The molecule has 2 rings (SSSR count). The van der Waals surface area contributed by atoms with Crippen molar-refractivity contribution >= 4 is 0 Å². The van der Waals surface area contributed by atoms with Gasteiger partial charge in [0.1, 0.15) is 0 Å². The van der Waals surface area contributed by atoms with E-state index in [4.69, 9.17) is 0 Å². The predicted molar refractivity (Wildman–Crippen MR) is 74.3 cm³/mol. The summed E-state index contributed by atoms with van der Waals surface area (Å²) in [5, 5.41) is 3.66. The first kappa shape index (κ1) is 12.6. The maximum atomic E-state index is 3.66. The summed E-state index contributed by atoms with van der Waals surface area (Å²) < 4.78 is 0. The number of rotatable bonds is 5. The van der Waals surface area contributed by atoms with Crippen LogP contribution in [0.25, 0.3) is 0 Å². The van der Waals surface area contributed by atoms with Crippen LogP contribution in [-0.2, 0) is 6.42 Å². The highest BCUT2D eigenvalue weighted by Gasteiger charge is 2.23. The lowest BCUT2D eigenvalue weighted by Gasteiger charge is -2.13. The Kier molecular flexibility index (Phi) is 4.61. The summed E-state index contributed by atoms with van der Waals surface area (Å²) in [6.07, 6.45) is 6.66. The van der Waals surface area contributed by atoms with Gasteiger partial charge in [-0.05, 0) is 57.1 Å². The van der Waals surface area contributed by atoms with Crippen LogP contribution in [0.3, 0.4) is 0 Å². The van der Waals surface area contributed by atoms with E-state index >= 15 is 0 Å². The molecule has 94 valence electrons. The number of hydrogen-bond acceptors (Lipinski definition) is 1. The van der Waals surface area contributed by atoms with Gasteiger partial charge in [-0.2, -0.15) is 0 Å². The predicted octanol–water partition coefficient (Wildman–Crippen LogP) is 3.71. The minimum atomic E-state index is 0.782. The fourth-order valence-corrected chi connectivity index (χ4v) is 2.97. The van der Waals surface area contributed by atoms with Crippen LogP contribution >= 0.6 is 0 Å². The molecule has 0 bridgehead atoms. The molecule has 0 aromatic heterocycles. The summed E-state index contributed by atoms with van der Waals surface area (Å²) in [5.74, 6) is 0.895. The van der Waals surface area contributed by atoms with Crippen LogP contribution in [-0.4, -0.2) is 12.6 Å². The molecular formula is C16H25N. The second-order valence-corrected chi connectivity index (χ2v) is 5.52. The lowest BCUT2D eigenvalue weighted by atomic mass is 9.97. The molecule has 0 radical (unpaired) electrons. The number of benzene rings is 1. The molecule has 0 spiro atoms. The number of nitrogens with one attached hydrogen (secondary N) is 1. The maximum absolute atomic E-state index is 3.66. The van der Waals surface area contributed by atoms with Crippen molar-refractivity contribution in [2.24, 2.45) is 5.92 Å². The van der Waals surface area contributed by atoms with Crippen molar-refractivity contribution in [3.8, 4) is 0 Å². The van der Waals surface area contributed by atoms with Crippen molar-refractivity contribution in [1.82, 2.24) is 5.32 Å². The summed E-state index contributed by atoms with van der Waals surface area (Å²) >= 11 is 0. The molecule has 0 saturated heterocycles. The van der Waals surface area contributed by atoms with E-state index in [1.807, 2.05) is 0 Å². The monoisotopic (exact) mass is 231 g/mol. The number of aryl methyl sites for hydroxylation is 1. The van der Waals surface area contributed by atoms with E-state index in [1.165, 1.54) is 49.8 Å². The Hall–Kier alpha value is -0.820. The van der Waals surface area contributed by atoms with Crippen LogP contribution in [0.4, 0.5) is 0 Å². The first-order valence-electron chi connectivity index (χ1n) is 7.07. The third-order valence-electron chi connectivity index (χ3n) is 3.83. The van der Waals surface area contributed by atoms with Crippen molar-refractivity contribution < 1.29 is 0 Å². The third-order valence-corrected chi connectivity index (χ3v) is 3.83.